The molecule has 1 aromatic heterocycles. The SMILES string of the molecule is C=C/C(C)=C\C=C(/C)Cc1cc(C(=O)O)cc(C(=O)NC)n1. The summed E-state index contributed by atoms with van der Waals surface area (Å²) < 4.78 is 0. The molecule has 0 unspecified atom stereocenters. The number of nitrogens with zero attached hydrogens (tertiary/aromatic N) is 1. The molecule has 0 atom stereocenters. The Balaban J connectivity index is 3.13. The van der Waals surface area contributed by atoms with E-state index in [0.29, 0.717) is 12.1 Å². The highest BCUT2D eigenvalue weighted by Crippen LogP contribution is 2.12. The number of amides is 1. The number of aromatic carboxylic acids is 1. The molecule has 0 aromatic carbocycles. The van der Waals surface area contributed by atoms with Crippen LogP contribution >= 0.6 is 0 Å². The zero-order chi connectivity index (χ0) is 16.7. The Bertz CT molecular complexity index is 658. The van der Waals surface area contributed by atoms with Gasteiger partial charge >= 0.3 is 5.97 Å². The van der Waals surface area contributed by atoms with E-state index in [2.05, 4.69) is 16.9 Å². The van der Waals surface area contributed by atoms with Crippen LogP contribution in [0.1, 0.15) is 40.4 Å². The Labute approximate surface area is 130 Å². The number of hydrogen-bond acceptors (Lipinski definition) is 3. The van der Waals surface area contributed by atoms with Gasteiger partial charge in [0.25, 0.3) is 5.91 Å². The number of nitrogens with one attached hydrogen (secondary N) is 1. The third-order valence-corrected chi connectivity index (χ3v) is 3.00. The first kappa shape index (κ1) is 17.4. The molecule has 1 amide bonds. The molecule has 5 nitrogen and oxygen atoms in total. The van der Waals surface area contributed by atoms with Crippen LogP contribution in [0.5, 0.6) is 0 Å². The van der Waals surface area contributed by atoms with Crippen LogP contribution in [0.3, 0.4) is 0 Å². The summed E-state index contributed by atoms with van der Waals surface area (Å²) in [4.78, 5) is 27.1. The average molecular weight is 300 g/mol. The minimum Gasteiger partial charge on any atom is -0.478 e. The Morgan fingerprint density at radius 1 is 1.32 bits per heavy atom. The molecule has 1 rings (SSSR count). The minimum absolute atomic E-state index is 0.0502. The summed E-state index contributed by atoms with van der Waals surface area (Å²) in [7, 11) is 1.48. The Morgan fingerprint density at radius 2 is 2.00 bits per heavy atom. The van der Waals surface area contributed by atoms with Gasteiger partial charge in [0.15, 0.2) is 0 Å². The lowest BCUT2D eigenvalue weighted by Crippen LogP contribution is -2.20. The van der Waals surface area contributed by atoms with Gasteiger partial charge < -0.3 is 10.4 Å². The fraction of sp³-hybridized carbons (Fsp3) is 0.235. The van der Waals surface area contributed by atoms with E-state index in [0.717, 1.165) is 11.1 Å². The minimum atomic E-state index is -1.09. The van der Waals surface area contributed by atoms with Gasteiger partial charge in [0.05, 0.1) is 5.56 Å². The molecule has 0 saturated carbocycles. The normalized spacial score (nSPS) is 12.0. The van der Waals surface area contributed by atoms with Gasteiger partial charge in [0, 0.05) is 19.2 Å². The molecule has 0 radical (unpaired) electrons. The molecule has 2 N–H and O–H groups in total. The van der Waals surface area contributed by atoms with E-state index in [1.807, 2.05) is 26.0 Å². The van der Waals surface area contributed by atoms with Crippen LogP contribution in [0.15, 0.2) is 48.1 Å². The molecule has 0 spiro atoms. The third kappa shape index (κ3) is 5.01. The van der Waals surface area contributed by atoms with Crippen molar-refractivity contribution in [1.29, 1.82) is 0 Å². The largest absolute Gasteiger partial charge is 0.478 e. The molecule has 1 heterocycles. The number of carbonyl (C=O) groups excluding carboxylic acids is 1. The first-order chi connectivity index (χ1) is 10.4. The quantitative estimate of drug-likeness (QED) is 0.792. The van der Waals surface area contributed by atoms with Gasteiger partial charge in [-0.1, -0.05) is 36.0 Å². The summed E-state index contributed by atoms with van der Waals surface area (Å²) in [6, 6.07) is 2.75. The summed E-state index contributed by atoms with van der Waals surface area (Å²) in [5, 5.41) is 11.6. The Kier molecular flexibility index (Phi) is 6.25. The van der Waals surface area contributed by atoms with Crippen molar-refractivity contribution in [1.82, 2.24) is 10.3 Å². The lowest BCUT2D eigenvalue weighted by Gasteiger charge is -2.06. The van der Waals surface area contributed by atoms with E-state index in [4.69, 9.17) is 5.11 Å². The predicted molar refractivity (Wildman–Crippen MR) is 86.0 cm³/mol. The second-order valence-corrected chi connectivity index (χ2v) is 4.92. The van der Waals surface area contributed by atoms with E-state index in [1.165, 1.54) is 19.2 Å². The second kappa shape index (κ2) is 7.93. The maximum atomic E-state index is 11.7. The van der Waals surface area contributed by atoms with Gasteiger partial charge in [-0.15, -0.1) is 0 Å². The first-order valence-corrected chi connectivity index (χ1v) is 6.80. The van der Waals surface area contributed by atoms with E-state index in [-0.39, 0.29) is 11.3 Å². The van der Waals surface area contributed by atoms with Crippen molar-refractivity contribution in [3.8, 4) is 0 Å². The van der Waals surface area contributed by atoms with Gasteiger partial charge in [-0.05, 0) is 26.0 Å². The molecular formula is C17H20N2O3. The second-order valence-electron chi connectivity index (χ2n) is 4.92. The summed E-state index contributed by atoms with van der Waals surface area (Å²) in [6.45, 7) is 7.53. The number of carboxylic acids is 1. The molecule has 0 saturated heterocycles. The van der Waals surface area contributed by atoms with Crippen LogP contribution in [0.2, 0.25) is 0 Å². The smallest absolute Gasteiger partial charge is 0.335 e. The number of carbonyl (C=O) groups is 2. The highest BCUT2D eigenvalue weighted by molar-refractivity contribution is 5.95. The summed E-state index contributed by atoms with van der Waals surface area (Å²) in [6.07, 6.45) is 6.05. The number of rotatable bonds is 6. The lowest BCUT2D eigenvalue weighted by molar-refractivity contribution is 0.0696. The topological polar surface area (TPSA) is 79.3 Å². The van der Waals surface area contributed by atoms with Gasteiger partial charge in [-0.2, -0.15) is 0 Å². The van der Waals surface area contributed by atoms with Crippen LogP contribution in [0.4, 0.5) is 0 Å². The fourth-order valence-corrected chi connectivity index (χ4v) is 1.73. The molecule has 1 aromatic rings. The molecule has 5 heteroatoms. The van der Waals surface area contributed by atoms with Crippen LogP contribution in [-0.4, -0.2) is 29.0 Å². The summed E-state index contributed by atoms with van der Waals surface area (Å²) in [5.41, 5.74) is 2.71. The van der Waals surface area contributed by atoms with Crippen molar-refractivity contribution >= 4 is 11.9 Å². The number of pyridine rings is 1. The van der Waals surface area contributed by atoms with Crippen molar-refractivity contribution in [2.45, 2.75) is 20.3 Å². The molecule has 0 aliphatic heterocycles. The monoisotopic (exact) mass is 300 g/mol. The Hall–Kier alpha value is -2.69. The first-order valence-electron chi connectivity index (χ1n) is 6.80. The van der Waals surface area contributed by atoms with Crippen LogP contribution in [0.25, 0.3) is 0 Å². The van der Waals surface area contributed by atoms with Gasteiger partial charge in [0.1, 0.15) is 5.69 Å². The maximum absolute atomic E-state index is 11.7. The zero-order valence-electron chi connectivity index (χ0n) is 13.0. The van der Waals surface area contributed by atoms with Crippen molar-refractivity contribution in [2.75, 3.05) is 7.05 Å². The maximum Gasteiger partial charge on any atom is 0.335 e. The Morgan fingerprint density at radius 3 is 2.55 bits per heavy atom. The number of hydrogen-bond donors (Lipinski definition) is 2. The molecule has 0 fully saturated rings. The number of allylic oxidation sites excluding steroid dienone is 5. The van der Waals surface area contributed by atoms with Gasteiger partial charge in [-0.25, -0.2) is 9.78 Å². The average Bonchev–Trinajstić information content (AvgIpc) is 2.51. The predicted octanol–water partition coefficient (Wildman–Crippen LogP) is 2.76. The van der Waals surface area contributed by atoms with E-state index in [9.17, 15) is 9.59 Å². The van der Waals surface area contributed by atoms with E-state index >= 15 is 0 Å². The van der Waals surface area contributed by atoms with Crippen LogP contribution < -0.4 is 5.32 Å². The van der Waals surface area contributed by atoms with Gasteiger partial charge in [-0.3, -0.25) is 4.79 Å². The van der Waals surface area contributed by atoms with Crippen molar-refractivity contribution < 1.29 is 14.7 Å². The molecule has 0 aliphatic rings. The lowest BCUT2D eigenvalue weighted by atomic mass is 10.1. The van der Waals surface area contributed by atoms with Crippen LogP contribution in [-0.2, 0) is 6.42 Å². The third-order valence-electron chi connectivity index (χ3n) is 3.00. The van der Waals surface area contributed by atoms with E-state index in [1.54, 1.807) is 6.08 Å². The van der Waals surface area contributed by atoms with Crippen LogP contribution in [0, 0.1) is 0 Å². The molecule has 22 heavy (non-hydrogen) atoms. The van der Waals surface area contributed by atoms with E-state index < -0.39 is 11.9 Å². The highest BCUT2D eigenvalue weighted by Gasteiger charge is 2.13. The number of carboxylic acid groups (broad SMARTS) is 1. The van der Waals surface area contributed by atoms with Crippen molar-refractivity contribution in [3.05, 3.63) is 65.0 Å². The van der Waals surface area contributed by atoms with Crippen molar-refractivity contribution in [3.63, 3.8) is 0 Å². The highest BCUT2D eigenvalue weighted by atomic mass is 16.4. The molecule has 116 valence electrons. The molecule has 0 bridgehead atoms. The van der Waals surface area contributed by atoms with Crippen molar-refractivity contribution in [2.24, 2.45) is 0 Å². The summed E-state index contributed by atoms with van der Waals surface area (Å²) in [5.74, 6) is -1.49. The van der Waals surface area contributed by atoms with Gasteiger partial charge in [0.2, 0.25) is 0 Å². The summed E-state index contributed by atoms with van der Waals surface area (Å²) >= 11 is 0. The number of aromatic nitrogens is 1. The fourth-order valence-electron chi connectivity index (χ4n) is 1.73. The zero-order valence-corrected chi connectivity index (χ0v) is 13.0. The standard InChI is InChI=1S/C17H20N2O3/c1-5-11(2)6-7-12(3)8-14-9-13(17(21)22)10-15(19-14)16(20)18-4/h5-7,9-10H,1,8H2,2-4H3,(H,18,20)(H,21,22)/b11-6-,12-7+. The molecular weight excluding hydrogens is 280 g/mol. The molecule has 0 aliphatic carbocycles.